The van der Waals surface area contributed by atoms with Gasteiger partial charge in [-0.25, -0.2) is 9.67 Å². The molecule has 25 heavy (non-hydrogen) atoms. The molecule has 6 heteroatoms. The number of carbonyl (C=O) groups excluding carboxylic acids is 1. The van der Waals surface area contributed by atoms with Gasteiger partial charge in [0, 0.05) is 6.04 Å². The zero-order chi connectivity index (χ0) is 18.0. The number of aryl methyl sites for hydroxylation is 1. The highest BCUT2D eigenvalue weighted by Crippen LogP contribution is 2.23. The molecular formula is C19H27N5O. The summed E-state index contributed by atoms with van der Waals surface area (Å²) in [7, 11) is 0. The Morgan fingerprint density at radius 1 is 1.36 bits per heavy atom. The zero-order valence-corrected chi connectivity index (χ0v) is 15.4. The molecule has 1 saturated heterocycles. The van der Waals surface area contributed by atoms with Crippen molar-refractivity contribution in [2.75, 3.05) is 13.1 Å². The van der Waals surface area contributed by atoms with Crippen LogP contribution in [0.2, 0.25) is 0 Å². The maximum absolute atomic E-state index is 12.6. The average Bonchev–Trinajstić information content (AvgIpc) is 2.98. The Hall–Kier alpha value is -2.21. The summed E-state index contributed by atoms with van der Waals surface area (Å²) >= 11 is 0. The summed E-state index contributed by atoms with van der Waals surface area (Å²) in [6.07, 6.45) is 0.933. The molecule has 1 aliphatic heterocycles. The van der Waals surface area contributed by atoms with Crippen molar-refractivity contribution in [1.29, 1.82) is 0 Å². The monoisotopic (exact) mass is 341 g/mol. The maximum atomic E-state index is 12.6. The highest BCUT2D eigenvalue weighted by molar-refractivity contribution is 5.90. The molecule has 0 radical (unpaired) electrons. The van der Waals surface area contributed by atoms with Crippen LogP contribution in [-0.2, 0) is 0 Å². The molecule has 2 unspecified atom stereocenters. The van der Waals surface area contributed by atoms with Gasteiger partial charge in [-0.3, -0.25) is 4.79 Å². The number of rotatable bonds is 4. The molecule has 1 fully saturated rings. The quantitative estimate of drug-likeness (QED) is 0.896. The van der Waals surface area contributed by atoms with Crippen LogP contribution in [0.5, 0.6) is 0 Å². The molecule has 1 aromatic heterocycles. The molecule has 134 valence electrons. The fourth-order valence-corrected chi connectivity index (χ4v) is 3.34. The summed E-state index contributed by atoms with van der Waals surface area (Å²) in [6.45, 7) is 10.2. The molecule has 0 spiro atoms. The topological polar surface area (TPSA) is 71.8 Å². The van der Waals surface area contributed by atoms with Gasteiger partial charge in [-0.1, -0.05) is 39.0 Å². The Kier molecular flexibility index (Phi) is 5.18. The van der Waals surface area contributed by atoms with Gasteiger partial charge in [0.05, 0.1) is 5.69 Å². The van der Waals surface area contributed by atoms with E-state index >= 15 is 0 Å². The Labute approximate surface area is 149 Å². The molecule has 2 atom stereocenters. The summed E-state index contributed by atoms with van der Waals surface area (Å²) in [5, 5.41) is 10.9. The van der Waals surface area contributed by atoms with E-state index in [9.17, 15) is 4.79 Å². The maximum Gasteiger partial charge on any atom is 0.291 e. The normalized spacial score (nSPS) is 20.7. The van der Waals surface area contributed by atoms with E-state index in [1.165, 1.54) is 5.56 Å². The summed E-state index contributed by atoms with van der Waals surface area (Å²) < 4.78 is 1.77. The zero-order valence-electron chi connectivity index (χ0n) is 15.4. The van der Waals surface area contributed by atoms with E-state index in [4.69, 9.17) is 0 Å². The van der Waals surface area contributed by atoms with Crippen LogP contribution in [0.1, 0.15) is 55.1 Å². The average molecular weight is 341 g/mol. The summed E-state index contributed by atoms with van der Waals surface area (Å²) in [6, 6.07) is 8.30. The van der Waals surface area contributed by atoms with Crippen molar-refractivity contribution in [2.45, 2.75) is 46.1 Å². The van der Waals surface area contributed by atoms with Gasteiger partial charge >= 0.3 is 0 Å². The lowest BCUT2D eigenvalue weighted by molar-refractivity contribution is 0.0903. The minimum atomic E-state index is -0.192. The van der Waals surface area contributed by atoms with Crippen LogP contribution in [0.4, 0.5) is 0 Å². The van der Waals surface area contributed by atoms with Crippen LogP contribution in [0.25, 0.3) is 5.69 Å². The Morgan fingerprint density at radius 2 is 2.12 bits per heavy atom. The van der Waals surface area contributed by atoms with Crippen molar-refractivity contribution in [3.63, 3.8) is 0 Å². The van der Waals surface area contributed by atoms with E-state index in [-0.39, 0.29) is 17.8 Å². The first-order chi connectivity index (χ1) is 12.0. The number of piperidine rings is 1. The van der Waals surface area contributed by atoms with Gasteiger partial charge in [0.1, 0.15) is 5.82 Å². The fourth-order valence-electron chi connectivity index (χ4n) is 3.34. The van der Waals surface area contributed by atoms with Gasteiger partial charge in [0.25, 0.3) is 5.91 Å². The molecule has 1 aliphatic rings. The second kappa shape index (κ2) is 7.35. The van der Waals surface area contributed by atoms with Crippen molar-refractivity contribution >= 4 is 5.91 Å². The van der Waals surface area contributed by atoms with E-state index in [0.717, 1.165) is 31.0 Å². The number of nitrogens with zero attached hydrogens (tertiary/aromatic N) is 3. The van der Waals surface area contributed by atoms with Gasteiger partial charge in [0.15, 0.2) is 0 Å². The third kappa shape index (κ3) is 3.74. The standard InChI is InChI=1S/C19H27N5O/c1-12(2)15-7-5-6-8-17(15)24-14(4)21-18(23-24)19(25)22-16-9-10-20-11-13(16)3/h5-8,12-13,16,20H,9-11H2,1-4H3,(H,22,25). The van der Waals surface area contributed by atoms with Crippen molar-refractivity contribution in [3.05, 3.63) is 41.5 Å². The molecule has 2 aromatic rings. The molecule has 1 amide bonds. The first-order valence-electron chi connectivity index (χ1n) is 9.02. The molecular weight excluding hydrogens is 314 g/mol. The van der Waals surface area contributed by atoms with Gasteiger partial charge in [-0.2, -0.15) is 0 Å². The van der Waals surface area contributed by atoms with Crippen molar-refractivity contribution < 1.29 is 4.79 Å². The minimum absolute atomic E-state index is 0.170. The third-order valence-electron chi connectivity index (χ3n) is 4.86. The highest BCUT2D eigenvalue weighted by Gasteiger charge is 2.25. The van der Waals surface area contributed by atoms with Gasteiger partial charge in [0.2, 0.25) is 5.82 Å². The first kappa shape index (κ1) is 17.6. The molecule has 3 rings (SSSR count). The number of nitrogens with one attached hydrogen (secondary N) is 2. The van der Waals surface area contributed by atoms with Crippen molar-refractivity contribution in [2.24, 2.45) is 5.92 Å². The van der Waals surface area contributed by atoms with E-state index in [2.05, 4.69) is 47.6 Å². The number of amides is 1. The molecule has 2 N–H and O–H groups in total. The second-order valence-electron chi connectivity index (χ2n) is 7.16. The number of hydrogen-bond acceptors (Lipinski definition) is 4. The first-order valence-corrected chi connectivity index (χ1v) is 9.02. The van der Waals surface area contributed by atoms with Crippen molar-refractivity contribution in [3.8, 4) is 5.69 Å². The second-order valence-corrected chi connectivity index (χ2v) is 7.16. The van der Waals surface area contributed by atoms with Crippen LogP contribution in [0, 0.1) is 12.8 Å². The number of carbonyl (C=O) groups is 1. The number of aromatic nitrogens is 3. The Bertz CT molecular complexity index is 752. The smallest absolute Gasteiger partial charge is 0.291 e. The SMILES string of the molecule is Cc1nc(C(=O)NC2CCNCC2C)nn1-c1ccccc1C(C)C. The van der Waals surface area contributed by atoms with Gasteiger partial charge in [-0.15, -0.1) is 5.10 Å². The molecule has 2 heterocycles. The lowest BCUT2D eigenvalue weighted by Crippen LogP contribution is -2.48. The Balaban J connectivity index is 1.84. The van der Waals surface area contributed by atoms with E-state index in [0.29, 0.717) is 11.8 Å². The lowest BCUT2D eigenvalue weighted by Gasteiger charge is -2.29. The van der Waals surface area contributed by atoms with E-state index in [1.54, 1.807) is 4.68 Å². The minimum Gasteiger partial charge on any atom is -0.346 e. The highest BCUT2D eigenvalue weighted by atomic mass is 16.2. The number of para-hydroxylation sites is 1. The van der Waals surface area contributed by atoms with Crippen LogP contribution < -0.4 is 10.6 Å². The molecule has 1 aromatic carbocycles. The lowest BCUT2D eigenvalue weighted by atomic mass is 9.95. The Morgan fingerprint density at radius 3 is 2.84 bits per heavy atom. The van der Waals surface area contributed by atoms with Crippen LogP contribution >= 0.6 is 0 Å². The van der Waals surface area contributed by atoms with E-state index in [1.807, 2.05) is 25.1 Å². The predicted molar refractivity (Wildman–Crippen MR) is 98.1 cm³/mol. The summed E-state index contributed by atoms with van der Waals surface area (Å²) in [4.78, 5) is 17.0. The van der Waals surface area contributed by atoms with Crippen LogP contribution in [0.15, 0.2) is 24.3 Å². The summed E-state index contributed by atoms with van der Waals surface area (Å²) in [5.74, 6) is 1.54. The van der Waals surface area contributed by atoms with E-state index < -0.39 is 0 Å². The van der Waals surface area contributed by atoms with Crippen molar-refractivity contribution in [1.82, 2.24) is 25.4 Å². The predicted octanol–water partition coefficient (Wildman–Crippen LogP) is 2.43. The molecule has 6 nitrogen and oxygen atoms in total. The largest absolute Gasteiger partial charge is 0.346 e. The van der Waals surface area contributed by atoms with Gasteiger partial charge in [-0.05, 0) is 49.9 Å². The molecule has 0 aliphatic carbocycles. The molecule has 0 bridgehead atoms. The fraction of sp³-hybridized carbons (Fsp3) is 0.526. The summed E-state index contributed by atoms with van der Waals surface area (Å²) in [5.41, 5.74) is 2.17. The van der Waals surface area contributed by atoms with Crippen LogP contribution in [-0.4, -0.2) is 39.8 Å². The third-order valence-corrected chi connectivity index (χ3v) is 4.86. The molecule has 0 saturated carbocycles. The van der Waals surface area contributed by atoms with Crippen LogP contribution in [0.3, 0.4) is 0 Å². The number of hydrogen-bond donors (Lipinski definition) is 2. The number of benzene rings is 1. The van der Waals surface area contributed by atoms with Gasteiger partial charge < -0.3 is 10.6 Å².